The van der Waals surface area contributed by atoms with Crippen LogP contribution in [0, 0.1) is 5.92 Å². The van der Waals surface area contributed by atoms with Crippen LogP contribution in [0.4, 0.5) is 0 Å². The number of quaternary nitrogens is 1. The number of halogens is 1. The Kier molecular flexibility index (Phi) is 4.89. The Bertz CT molecular complexity index is 485. The molecule has 1 aromatic carbocycles. The Morgan fingerprint density at radius 1 is 1.30 bits per heavy atom. The number of oxime groups is 1. The summed E-state index contributed by atoms with van der Waals surface area (Å²) in [6.45, 7) is 2.40. The second kappa shape index (κ2) is 6.46. The second-order valence-electron chi connectivity index (χ2n) is 5.53. The van der Waals surface area contributed by atoms with Crippen molar-refractivity contribution >= 4 is 5.71 Å². The maximum absolute atomic E-state index is 9.33. The standard InChI is InChI=1S/C15H20N2O2.ClH/c1-19-14-5-3-2-4-12(14)10-13-15(16-18)11-6-8-17(13)9-7-11;/h2-5,11,13,18H,6-10H2,1H3;1H/b16-15+;. The fourth-order valence-electron chi connectivity index (χ4n) is 3.62. The lowest BCUT2D eigenvalue weighted by molar-refractivity contribution is -0.926. The van der Waals surface area contributed by atoms with Crippen molar-refractivity contribution in [3.05, 3.63) is 29.8 Å². The highest BCUT2D eigenvalue weighted by Gasteiger charge is 2.43. The predicted molar refractivity (Wildman–Crippen MR) is 73.1 cm³/mol. The molecule has 1 aromatic rings. The minimum Gasteiger partial charge on any atom is -1.00 e. The molecule has 4 nitrogen and oxygen atoms in total. The first-order valence-corrected chi connectivity index (χ1v) is 7.01. The van der Waals surface area contributed by atoms with Gasteiger partial charge in [0.05, 0.1) is 20.2 Å². The molecule has 0 radical (unpaired) electrons. The molecule has 0 aliphatic carbocycles. The van der Waals surface area contributed by atoms with E-state index < -0.39 is 0 Å². The third-order valence-corrected chi connectivity index (χ3v) is 4.63. The molecule has 3 aliphatic heterocycles. The van der Waals surface area contributed by atoms with Crippen molar-refractivity contribution in [2.75, 3.05) is 20.2 Å². The van der Waals surface area contributed by atoms with Gasteiger partial charge in [0, 0.05) is 30.7 Å². The van der Waals surface area contributed by atoms with Gasteiger partial charge in [-0.1, -0.05) is 23.4 Å². The Morgan fingerprint density at radius 2 is 2.00 bits per heavy atom. The SMILES string of the molecule is COc1ccccc1CC1/C(=N/O)C2CC[NH+]1CC2.[Cl-]. The number of rotatable bonds is 3. The van der Waals surface area contributed by atoms with Gasteiger partial charge in [0.25, 0.3) is 0 Å². The predicted octanol–water partition coefficient (Wildman–Crippen LogP) is -2.25. The van der Waals surface area contributed by atoms with Crippen molar-refractivity contribution in [3.63, 3.8) is 0 Å². The third kappa shape index (κ3) is 2.63. The van der Waals surface area contributed by atoms with Gasteiger partial charge in [-0.2, -0.15) is 0 Å². The van der Waals surface area contributed by atoms with Gasteiger partial charge in [-0.15, -0.1) is 0 Å². The van der Waals surface area contributed by atoms with Crippen molar-refractivity contribution in [1.29, 1.82) is 0 Å². The fourth-order valence-corrected chi connectivity index (χ4v) is 3.62. The normalized spacial score (nSPS) is 30.1. The van der Waals surface area contributed by atoms with E-state index in [1.54, 1.807) is 12.0 Å². The highest BCUT2D eigenvalue weighted by atomic mass is 35.5. The highest BCUT2D eigenvalue weighted by molar-refractivity contribution is 5.91. The van der Waals surface area contributed by atoms with Crippen molar-refractivity contribution in [1.82, 2.24) is 0 Å². The average molecular weight is 297 g/mol. The van der Waals surface area contributed by atoms with Gasteiger partial charge in [0.15, 0.2) is 0 Å². The van der Waals surface area contributed by atoms with Crippen LogP contribution < -0.4 is 22.0 Å². The van der Waals surface area contributed by atoms with E-state index in [4.69, 9.17) is 4.74 Å². The van der Waals surface area contributed by atoms with E-state index in [0.717, 1.165) is 30.7 Å². The molecule has 0 aromatic heterocycles. The van der Waals surface area contributed by atoms with Gasteiger partial charge in [0.2, 0.25) is 0 Å². The van der Waals surface area contributed by atoms with Crippen molar-refractivity contribution in [3.8, 4) is 5.75 Å². The monoisotopic (exact) mass is 296 g/mol. The van der Waals surface area contributed by atoms with Crippen LogP contribution in [-0.2, 0) is 6.42 Å². The Hall–Kier alpha value is -1.26. The summed E-state index contributed by atoms with van der Waals surface area (Å²) in [5.74, 6) is 1.42. The molecule has 2 bridgehead atoms. The van der Waals surface area contributed by atoms with Crippen LogP contribution in [0.25, 0.3) is 0 Å². The summed E-state index contributed by atoms with van der Waals surface area (Å²) in [5, 5.41) is 12.9. The number of para-hydroxylation sites is 1. The van der Waals surface area contributed by atoms with Crippen LogP contribution in [0.15, 0.2) is 29.4 Å². The summed E-state index contributed by atoms with van der Waals surface area (Å²) in [6.07, 6.45) is 3.23. The van der Waals surface area contributed by atoms with E-state index in [9.17, 15) is 5.21 Å². The van der Waals surface area contributed by atoms with Gasteiger partial charge in [0.1, 0.15) is 17.5 Å². The average Bonchev–Trinajstić information content (AvgIpc) is 2.49. The summed E-state index contributed by atoms with van der Waals surface area (Å²) in [6, 6.07) is 8.45. The maximum atomic E-state index is 9.33. The van der Waals surface area contributed by atoms with E-state index >= 15 is 0 Å². The second-order valence-corrected chi connectivity index (χ2v) is 5.53. The molecule has 5 heteroatoms. The number of hydrogen-bond donors (Lipinski definition) is 2. The number of ether oxygens (including phenoxy) is 1. The van der Waals surface area contributed by atoms with E-state index in [1.807, 2.05) is 18.2 Å². The lowest BCUT2D eigenvalue weighted by Crippen LogP contribution is -3.20. The van der Waals surface area contributed by atoms with Gasteiger partial charge < -0.3 is 27.3 Å². The molecule has 3 saturated heterocycles. The van der Waals surface area contributed by atoms with Crippen LogP contribution in [0.1, 0.15) is 18.4 Å². The van der Waals surface area contributed by atoms with Crippen LogP contribution in [-0.4, -0.2) is 37.2 Å². The molecule has 20 heavy (non-hydrogen) atoms. The van der Waals surface area contributed by atoms with E-state index in [0.29, 0.717) is 12.0 Å². The number of nitrogens with one attached hydrogen (secondary N) is 1. The molecule has 3 fully saturated rings. The molecule has 4 rings (SSSR count). The third-order valence-electron chi connectivity index (χ3n) is 4.63. The first-order chi connectivity index (χ1) is 9.33. The zero-order valence-electron chi connectivity index (χ0n) is 11.7. The number of benzene rings is 1. The van der Waals surface area contributed by atoms with Gasteiger partial charge >= 0.3 is 0 Å². The van der Waals surface area contributed by atoms with E-state index in [2.05, 4.69) is 11.2 Å². The number of methoxy groups -OCH3 is 1. The van der Waals surface area contributed by atoms with Crippen molar-refractivity contribution in [2.45, 2.75) is 25.3 Å². The molecule has 3 aliphatic rings. The first kappa shape index (κ1) is 15.1. The van der Waals surface area contributed by atoms with Crippen LogP contribution in [0.5, 0.6) is 5.75 Å². The molecule has 1 unspecified atom stereocenters. The molecule has 0 amide bonds. The minimum atomic E-state index is 0. The van der Waals surface area contributed by atoms with E-state index in [-0.39, 0.29) is 12.4 Å². The van der Waals surface area contributed by atoms with Crippen LogP contribution in [0.3, 0.4) is 0 Å². The molecule has 0 saturated carbocycles. The van der Waals surface area contributed by atoms with Gasteiger partial charge in [-0.05, 0) is 6.07 Å². The molecular weight excluding hydrogens is 276 g/mol. The molecule has 1 atom stereocenters. The van der Waals surface area contributed by atoms with Crippen LogP contribution in [0.2, 0.25) is 0 Å². The Balaban J connectivity index is 0.00000147. The zero-order chi connectivity index (χ0) is 13.2. The molecule has 3 heterocycles. The Labute approximate surface area is 125 Å². The smallest absolute Gasteiger partial charge is 0.134 e. The number of hydrogen-bond acceptors (Lipinski definition) is 3. The Morgan fingerprint density at radius 3 is 2.65 bits per heavy atom. The number of fused-ring (bicyclic) bond motifs is 3. The lowest BCUT2D eigenvalue weighted by Gasteiger charge is -2.42. The summed E-state index contributed by atoms with van der Waals surface area (Å²) >= 11 is 0. The molecular formula is C15H21ClN2O2. The number of nitrogens with zero attached hydrogens (tertiary/aromatic N) is 1. The summed E-state index contributed by atoms with van der Waals surface area (Å²) in [4.78, 5) is 1.56. The topological polar surface area (TPSA) is 46.3 Å². The van der Waals surface area contributed by atoms with Gasteiger partial charge in [-0.3, -0.25) is 0 Å². The molecule has 0 spiro atoms. The first-order valence-electron chi connectivity index (χ1n) is 7.01. The fraction of sp³-hybridized carbons (Fsp3) is 0.533. The van der Waals surface area contributed by atoms with Gasteiger partial charge in [-0.25, -0.2) is 0 Å². The maximum Gasteiger partial charge on any atom is 0.134 e. The summed E-state index contributed by atoms with van der Waals surface area (Å²) in [5.41, 5.74) is 2.20. The minimum absolute atomic E-state index is 0. The lowest BCUT2D eigenvalue weighted by atomic mass is 9.79. The van der Waals surface area contributed by atoms with Crippen molar-refractivity contribution in [2.24, 2.45) is 11.1 Å². The molecule has 110 valence electrons. The van der Waals surface area contributed by atoms with Crippen LogP contribution >= 0.6 is 0 Å². The highest BCUT2D eigenvalue weighted by Crippen LogP contribution is 2.24. The summed E-state index contributed by atoms with van der Waals surface area (Å²) < 4.78 is 5.42. The van der Waals surface area contributed by atoms with Crippen molar-refractivity contribution < 1.29 is 27.3 Å². The summed E-state index contributed by atoms with van der Waals surface area (Å²) in [7, 11) is 1.71. The van der Waals surface area contributed by atoms with E-state index in [1.165, 1.54) is 18.7 Å². The zero-order valence-corrected chi connectivity index (χ0v) is 12.4. The molecule has 2 N–H and O–H groups in total. The number of piperidine rings is 3. The quantitative estimate of drug-likeness (QED) is 0.489. The largest absolute Gasteiger partial charge is 1.00 e.